The van der Waals surface area contributed by atoms with E-state index in [1.165, 1.54) is 0 Å². The summed E-state index contributed by atoms with van der Waals surface area (Å²) in [5.41, 5.74) is 3.86. The molecule has 0 saturated heterocycles. The summed E-state index contributed by atoms with van der Waals surface area (Å²) >= 11 is 0. The van der Waals surface area contributed by atoms with Crippen molar-refractivity contribution in [1.82, 2.24) is 5.32 Å². The Hall–Kier alpha value is -1.10. The molecule has 0 aliphatic heterocycles. The zero-order valence-corrected chi connectivity index (χ0v) is 8.83. The normalized spacial score (nSPS) is 15.1. The highest BCUT2D eigenvalue weighted by Gasteiger charge is 2.33. The predicted molar refractivity (Wildman–Crippen MR) is 52.7 cm³/mol. The number of nitrogens with one attached hydrogen (secondary N) is 1. The molecule has 1 amide bonds. The summed E-state index contributed by atoms with van der Waals surface area (Å²) in [4.78, 5) is 21.5. The minimum absolute atomic E-state index is 0.116. The smallest absolute Gasteiger partial charge is 0.323 e. The molecule has 0 radical (unpaired) electrons. The van der Waals surface area contributed by atoms with Gasteiger partial charge in [-0.2, -0.15) is 0 Å². The highest BCUT2D eigenvalue weighted by Crippen LogP contribution is 2.16. The van der Waals surface area contributed by atoms with E-state index in [0.29, 0.717) is 6.42 Å². The van der Waals surface area contributed by atoms with E-state index in [1.54, 1.807) is 6.92 Å². The van der Waals surface area contributed by atoms with Crippen molar-refractivity contribution < 1.29 is 14.7 Å². The Morgan fingerprint density at radius 2 is 2.00 bits per heavy atom. The van der Waals surface area contributed by atoms with Gasteiger partial charge in [-0.05, 0) is 19.3 Å². The van der Waals surface area contributed by atoms with Crippen LogP contribution in [0.4, 0.5) is 0 Å². The molecule has 1 unspecified atom stereocenters. The van der Waals surface area contributed by atoms with Gasteiger partial charge < -0.3 is 10.8 Å². The highest BCUT2D eigenvalue weighted by atomic mass is 16.4. The molecule has 0 heterocycles. The van der Waals surface area contributed by atoms with Crippen LogP contribution in [0.2, 0.25) is 0 Å². The van der Waals surface area contributed by atoms with E-state index in [1.807, 2.05) is 13.8 Å². The van der Waals surface area contributed by atoms with Gasteiger partial charge in [0.15, 0.2) is 0 Å². The summed E-state index contributed by atoms with van der Waals surface area (Å²) in [7, 11) is 0. The monoisotopic (exact) mass is 202 g/mol. The van der Waals surface area contributed by atoms with Gasteiger partial charge in [0.1, 0.15) is 5.54 Å². The van der Waals surface area contributed by atoms with Gasteiger partial charge in [0, 0.05) is 0 Å². The molecule has 5 nitrogen and oxygen atoms in total. The van der Waals surface area contributed by atoms with Crippen molar-refractivity contribution in [1.29, 1.82) is 0 Å². The third-order valence-electron chi connectivity index (χ3n) is 1.94. The maximum absolute atomic E-state index is 11.0. The van der Waals surface area contributed by atoms with Crippen LogP contribution in [0.25, 0.3) is 0 Å². The number of nitrogens with two attached hydrogens (primary N) is 1. The lowest BCUT2D eigenvalue weighted by molar-refractivity contribution is -0.145. The molecular formula is C9H18N2O3. The molecule has 0 saturated carbocycles. The van der Waals surface area contributed by atoms with Gasteiger partial charge in [-0.15, -0.1) is 0 Å². The average molecular weight is 202 g/mol. The Bertz CT molecular complexity index is 228. The van der Waals surface area contributed by atoms with E-state index in [0.717, 1.165) is 0 Å². The lowest BCUT2D eigenvalue weighted by Crippen LogP contribution is -2.52. The molecule has 1 atom stereocenters. The van der Waals surface area contributed by atoms with Gasteiger partial charge in [-0.1, -0.05) is 13.8 Å². The van der Waals surface area contributed by atoms with Gasteiger partial charge >= 0.3 is 5.97 Å². The van der Waals surface area contributed by atoms with Crippen LogP contribution in [-0.4, -0.2) is 29.1 Å². The summed E-state index contributed by atoms with van der Waals surface area (Å²) < 4.78 is 0. The number of hydrogen-bond donors (Lipinski definition) is 3. The van der Waals surface area contributed by atoms with Crippen LogP contribution in [0, 0.1) is 5.92 Å². The predicted octanol–water partition coefficient (Wildman–Crippen LogP) is -0.0493. The minimum atomic E-state index is -1.08. The first-order valence-corrected chi connectivity index (χ1v) is 4.54. The third-order valence-corrected chi connectivity index (χ3v) is 1.94. The molecule has 0 spiro atoms. The Balaban J connectivity index is 4.39. The van der Waals surface area contributed by atoms with Crippen LogP contribution < -0.4 is 11.1 Å². The van der Waals surface area contributed by atoms with Gasteiger partial charge in [-0.25, -0.2) is 0 Å². The van der Waals surface area contributed by atoms with Crippen molar-refractivity contribution in [3.05, 3.63) is 0 Å². The zero-order valence-electron chi connectivity index (χ0n) is 8.83. The molecule has 0 fully saturated rings. The van der Waals surface area contributed by atoms with E-state index in [2.05, 4.69) is 5.32 Å². The Labute approximate surface area is 83.7 Å². The van der Waals surface area contributed by atoms with Crippen molar-refractivity contribution in [3.63, 3.8) is 0 Å². The first-order chi connectivity index (χ1) is 6.28. The number of rotatable bonds is 6. The van der Waals surface area contributed by atoms with E-state index in [-0.39, 0.29) is 12.5 Å². The van der Waals surface area contributed by atoms with Crippen molar-refractivity contribution >= 4 is 11.9 Å². The first-order valence-electron chi connectivity index (χ1n) is 4.54. The van der Waals surface area contributed by atoms with E-state index >= 15 is 0 Å². The number of aliphatic carboxylic acids is 1. The number of carboxylic acids is 1. The first kappa shape index (κ1) is 12.9. The van der Waals surface area contributed by atoms with E-state index in [4.69, 9.17) is 10.8 Å². The molecule has 0 aromatic heterocycles. The topological polar surface area (TPSA) is 92.4 Å². The fourth-order valence-electron chi connectivity index (χ4n) is 1.33. The maximum atomic E-state index is 11.0. The van der Waals surface area contributed by atoms with Crippen molar-refractivity contribution in [3.8, 4) is 0 Å². The lowest BCUT2D eigenvalue weighted by atomic mass is 9.91. The summed E-state index contributed by atoms with van der Waals surface area (Å²) in [6.45, 7) is 5.29. The number of hydrogen-bond acceptors (Lipinski definition) is 3. The minimum Gasteiger partial charge on any atom is -0.480 e. The summed E-state index contributed by atoms with van der Waals surface area (Å²) in [5.74, 6) is -1.29. The molecule has 0 bridgehead atoms. The fourth-order valence-corrected chi connectivity index (χ4v) is 1.33. The molecule has 0 aromatic carbocycles. The molecule has 0 aromatic rings. The molecule has 14 heavy (non-hydrogen) atoms. The SMILES string of the molecule is CC(C)CC(C)(NCC(N)=O)C(=O)O. The quantitative estimate of drug-likeness (QED) is 0.563. The average Bonchev–Trinajstić information content (AvgIpc) is 1.99. The van der Waals surface area contributed by atoms with E-state index in [9.17, 15) is 9.59 Å². The zero-order chi connectivity index (χ0) is 11.4. The second kappa shape index (κ2) is 4.95. The lowest BCUT2D eigenvalue weighted by Gasteiger charge is -2.27. The number of amides is 1. The summed E-state index contributed by atoms with van der Waals surface area (Å²) in [6, 6.07) is 0. The summed E-state index contributed by atoms with van der Waals surface area (Å²) in [5, 5.41) is 11.6. The molecule has 0 aliphatic carbocycles. The van der Waals surface area contributed by atoms with Gasteiger partial charge in [0.25, 0.3) is 0 Å². The fraction of sp³-hybridized carbons (Fsp3) is 0.778. The van der Waals surface area contributed by atoms with Crippen LogP contribution in [-0.2, 0) is 9.59 Å². The van der Waals surface area contributed by atoms with Crippen LogP contribution in [0.1, 0.15) is 27.2 Å². The highest BCUT2D eigenvalue weighted by molar-refractivity contribution is 5.81. The molecule has 4 N–H and O–H groups in total. The number of carbonyl (C=O) groups is 2. The van der Waals surface area contributed by atoms with Gasteiger partial charge in [0.05, 0.1) is 6.54 Å². The number of primary amides is 1. The van der Waals surface area contributed by atoms with Crippen molar-refractivity contribution in [2.45, 2.75) is 32.7 Å². The van der Waals surface area contributed by atoms with Gasteiger partial charge in [0.2, 0.25) is 5.91 Å². The number of carboxylic acid groups (broad SMARTS) is 1. The number of carbonyl (C=O) groups excluding carboxylic acids is 1. The molecular weight excluding hydrogens is 184 g/mol. The molecule has 0 aliphatic rings. The second-order valence-corrected chi connectivity index (χ2v) is 4.06. The van der Waals surface area contributed by atoms with Crippen molar-refractivity contribution in [2.24, 2.45) is 11.7 Å². The Morgan fingerprint density at radius 3 is 2.29 bits per heavy atom. The molecule has 5 heteroatoms. The largest absolute Gasteiger partial charge is 0.480 e. The van der Waals surface area contributed by atoms with Crippen LogP contribution in [0.5, 0.6) is 0 Å². The summed E-state index contributed by atoms with van der Waals surface area (Å²) in [6.07, 6.45) is 0.454. The molecule has 82 valence electrons. The van der Waals surface area contributed by atoms with E-state index < -0.39 is 17.4 Å². The third kappa shape index (κ3) is 4.23. The standard InChI is InChI=1S/C9H18N2O3/c1-6(2)4-9(3,8(13)14)11-5-7(10)12/h6,11H,4-5H2,1-3H3,(H2,10,12)(H,13,14). The van der Waals surface area contributed by atoms with Crippen LogP contribution in [0.3, 0.4) is 0 Å². The van der Waals surface area contributed by atoms with Crippen molar-refractivity contribution in [2.75, 3.05) is 6.54 Å². The maximum Gasteiger partial charge on any atom is 0.323 e. The van der Waals surface area contributed by atoms with Crippen LogP contribution in [0.15, 0.2) is 0 Å². The molecule has 0 rings (SSSR count). The Morgan fingerprint density at radius 1 is 1.50 bits per heavy atom. The Kier molecular flexibility index (Phi) is 4.56. The second-order valence-electron chi connectivity index (χ2n) is 4.06. The van der Waals surface area contributed by atoms with Gasteiger partial charge in [-0.3, -0.25) is 14.9 Å². The van der Waals surface area contributed by atoms with Crippen LogP contribution >= 0.6 is 0 Å².